The van der Waals surface area contributed by atoms with Crippen molar-refractivity contribution in [2.75, 3.05) is 37.5 Å². The van der Waals surface area contributed by atoms with Crippen molar-refractivity contribution in [1.82, 2.24) is 10.0 Å². The Labute approximate surface area is 291 Å². The second-order valence-electron chi connectivity index (χ2n) is 14.6. The third-order valence-corrected chi connectivity index (χ3v) is 13.1. The van der Waals surface area contributed by atoms with Gasteiger partial charge in [-0.1, -0.05) is 36.7 Å². The third kappa shape index (κ3) is 7.05. The molecule has 2 N–H and O–H groups in total. The third-order valence-electron chi connectivity index (χ3n) is 10.9. The number of fused-ring (bicyclic) bond motifs is 4. The van der Waals surface area contributed by atoms with Crippen LogP contribution < -0.4 is 19.7 Å². The Morgan fingerprint density at radius 3 is 2.76 bits per heavy atom. The maximum atomic E-state index is 14.2. The van der Waals surface area contributed by atoms with Crippen molar-refractivity contribution in [2.45, 2.75) is 75.4 Å². The highest BCUT2D eigenvalue weighted by molar-refractivity contribution is 7.92. The molecular weight excluding hydrogens is 674 g/mol. The van der Waals surface area contributed by atoms with Crippen molar-refractivity contribution in [1.29, 1.82) is 0 Å². The highest BCUT2D eigenvalue weighted by Crippen LogP contribution is 2.47. The molecule has 49 heavy (non-hydrogen) atoms. The van der Waals surface area contributed by atoms with Crippen LogP contribution in [-0.4, -0.2) is 66.8 Å². The van der Waals surface area contributed by atoms with Gasteiger partial charge in [0.2, 0.25) is 0 Å². The molecule has 0 radical (unpaired) electrons. The van der Waals surface area contributed by atoms with Crippen LogP contribution in [0.1, 0.15) is 66.9 Å². The average molecular weight is 717 g/mol. The van der Waals surface area contributed by atoms with E-state index in [4.69, 9.17) is 21.1 Å². The molecule has 5 aliphatic rings. The Balaban J connectivity index is 1.28. The molecule has 7 atom stereocenters. The number of ether oxygens (including phenoxy) is 2. The van der Waals surface area contributed by atoms with Gasteiger partial charge in [0.05, 0.1) is 24.2 Å². The summed E-state index contributed by atoms with van der Waals surface area (Å²) in [5.74, 6) is -2.89. The van der Waals surface area contributed by atoms with Crippen molar-refractivity contribution < 1.29 is 32.1 Å². The molecule has 3 aliphatic carbocycles. The van der Waals surface area contributed by atoms with Gasteiger partial charge in [-0.25, -0.2) is 17.8 Å². The van der Waals surface area contributed by atoms with Crippen LogP contribution in [0.5, 0.6) is 5.75 Å². The van der Waals surface area contributed by atoms with Crippen LogP contribution in [-0.2, 0) is 26.5 Å². The zero-order valence-electron chi connectivity index (χ0n) is 27.8. The Morgan fingerprint density at radius 1 is 1.20 bits per heavy atom. The van der Waals surface area contributed by atoms with Gasteiger partial charge in [0.1, 0.15) is 21.7 Å². The predicted molar refractivity (Wildman–Crippen MR) is 185 cm³/mol. The smallest absolute Gasteiger partial charge is 0.327 e. The summed E-state index contributed by atoms with van der Waals surface area (Å²) in [4.78, 5) is 28.8. The second kappa shape index (κ2) is 13.2. The zero-order chi connectivity index (χ0) is 34.6. The fraction of sp³-hybridized carbons (Fsp3) is 0.556. The monoisotopic (exact) mass is 716 g/mol. The lowest BCUT2D eigenvalue weighted by atomic mass is 9.68. The van der Waals surface area contributed by atoms with Gasteiger partial charge in [0.15, 0.2) is 0 Å². The van der Waals surface area contributed by atoms with Crippen LogP contribution in [0.15, 0.2) is 52.9 Å². The van der Waals surface area contributed by atoms with Crippen molar-refractivity contribution in [2.24, 2.45) is 22.1 Å². The van der Waals surface area contributed by atoms with E-state index in [1.165, 1.54) is 11.1 Å². The van der Waals surface area contributed by atoms with Gasteiger partial charge in [-0.2, -0.15) is 0 Å². The van der Waals surface area contributed by atoms with Crippen LogP contribution in [0.2, 0.25) is 5.02 Å². The summed E-state index contributed by atoms with van der Waals surface area (Å²) in [5, 5.41) is 2.88. The molecule has 0 saturated heterocycles. The number of carbonyl (C=O) groups is 2. The van der Waals surface area contributed by atoms with E-state index in [0.29, 0.717) is 42.2 Å². The summed E-state index contributed by atoms with van der Waals surface area (Å²) in [6.45, 7) is 3.71. The molecule has 2 saturated carbocycles. The van der Waals surface area contributed by atoms with E-state index in [-0.39, 0.29) is 28.8 Å². The molecule has 2 heterocycles. The highest BCUT2D eigenvalue weighted by atomic mass is 35.5. The van der Waals surface area contributed by atoms with Crippen molar-refractivity contribution in [3.05, 3.63) is 70.3 Å². The number of hydrogen-bond donors (Lipinski definition) is 2. The van der Waals surface area contributed by atoms with E-state index >= 15 is 0 Å². The fourth-order valence-electron chi connectivity index (χ4n) is 8.07. The summed E-state index contributed by atoms with van der Waals surface area (Å²) in [7, 11) is -1.98. The summed E-state index contributed by atoms with van der Waals surface area (Å²) in [6, 6.07) is 8.85. The molecule has 9 nitrogen and oxygen atoms in total. The molecule has 2 aliphatic heterocycles. The Morgan fingerprint density at radius 2 is 2.02 bits per heavy atom. The van der Waals surface area contributed by atoms with Crippen LogP contribution >= 0.6 is 11.6 Å². The molecule has 7 rings (SSSR count). The van der Waals surface area contributed by atoms with Crippen molar-refractivity contribution >= 4 is 39.1 Å². The molecule has 13 heteroatoms. The first-order valence-electron chi connectivity index (χ1n) is 17.1. The first-order valence-corrected chi connectivity index (χ1v) is 19.2. The average Bonchev–Trinajstić information content (AvgIpc) is 3.67. The first kappa shape index (κ1) is 34.2. The Kier molecular flexibility index (Phi) is 9.19. The van der Waals surface area contributed by atoms with E-state index in [2.05, 4.69) is 37.5 Å². The number of urea groups is 1. The van der Waals surface area contributed by atoms with Gasteiger partial charge in [-0.05, 0) is 97.7 Å². The van der Waals surface area contributed by atoms with Gasteiger partial charge < -0.3 is 19.7 Å². The summed E-state index contributed by atoms with van der Waals surface area (Å²) < 4.78 is 60.2. The first-order chi connectivity index (χ1) is 23.4. The number of alkyl halides is 2. The largest absolute Gasteiger partial charge is 0.490 e. The lowest BCUT2D eigenvalue weighted by molar-refractivity contribution is 0.0131. The lowest BCUT2D eigenvalue weighted by Gasteiger charge is -2.46. The lowest BCUT2D eigenvalue weighted by Crippen LogP contribution is -2.49. The minimum Gasteiger partial charge on any atom is -0.490 e. The Bertz CT molecular complexity index is 1800. The fourth-order valence-corrected chi connectivity index (χ4v) is 10.1. The molecule has 264 valence electrons. The molecule has 3 amide bonds. The molecule has 2 aromatic rings. The molecule has 1 unspecified atom stereocenters. The number of nitrogens with one attached hydrogen (secondary N) is 2. The quantitative estimate of drug-likeness (QED) is 0.343. The summed E-state index contributed by atoms with van der Waals surface area (Å²) in [5.41, 5.74) is 3.12. The normalized spacial score (nSPS) is 34.2. The highest BCUT2D eigenvalue weighted by Gasteiger charge is 2.58. The molecular formula is C36H43ClF2N4O5S. The van der Waals surface area contributed by atoms with Crippen LogP contribution in [0, 0.1) is 17.8 Å². The van der Waals surface area contributed by atoms with E-state index in [1.54, 1.807) is 25.3 Å². The van der Waals surface area contributed by atoms with Gasteiger partial charge >= 0.3 is 6.03 Å². The number of amides is 3. The summed E-state index contributed by atoms with van der Waals surface area (Å²) in [6.07, 6.45) is 8.90. The number of methoxy groups -OCH3 is 1. The number of carbonyl (C=O) groups excluding carboxylic acids is 2. The predicted octanol–water partition coefficient (Wildman–Crippen LogP) is 6.68. The van der Waals surface area contributed by atoms with Crippen LogP contribution in [0.25, 0.3) is 0 Å². The van der Waals surface area contributed by atoms with Crippen molar-refractivity contribution in [3.63, 3.8) is 0 Å². The second-order valence-corrected chi connectivity index (χ2v) is 17.0. The van der Waals surface area contributed by atoms with Gasteiger partial charge in [0.25, 0.3) is 11.8 Å². The Hall–Kier alpha value is -3.22. The van der Waals surface area contributed by atoms with Gasteiger partial charge in [-0.3, -0.25) is 9.52 Å². The maximum absolute atomic E-state index is 14.2. The van der Waals surface area contributed by atoms with E-state index in [9.17, 15) is 22.6 Å². The molecule has 1 spiro atoms. The van der Waals surface area contributed by atoms with E-state index in [1.807, 2.05) is 19.1 Å². The topological polar surface area (TPSA) is 109 Å². The number of rotatable bonds is 3. The van der Waals surface area contributed by atoms with E-state index < -0.39 is 40.2 Å². The number of benzene rings is 2. The minimum absolute atomic E-state index is 0.112. The molecule has 0 aromatic heterocycles. The number of aryl methyl sites for hydroxylation is 1. The molecule has 2 aromatic carbocycles. The van der Waals surface area contributed by atoms with E-state index in [0.717, 1.165) is 44.3 Å². The number of allylic oxidation sites excluding steroid dienone is 1. The van der Waals surface area contributed by atoms with Crippen LogP contribution in [0.3, 0.4) is 0 Å². The molecule has 2 fully saturated rings. The number of anilines is 1. The standard InChI is InChI=1S/C36H43ClF2N4O5S/c1-22-5-3-7-30(47-2)27-11-8-25(27)18-43-20-35(14-4-6-23-15-26(37)10-12-28(23)35)21-48-31-13-9-24(16-29(31)43)33(44)41-49(46,19-22)42-34(45)40-32-17-36(32,38)39/h3,7,9-10,12-13,15-16,22,25,27,30,32H,4-6,8,11,14,17-21H2,1-2H3,(H2,40,41,42,44,45,46)/b7-3+/t22-,25-,27+,30-,32+,35-,49?/m0/s1. The number of hydrogen-bond acceptors (Lipinski definition) is 6. The van der Waals surface area contributed by atoms with Crippen molar-refractivity contribution in [3.8, 4) is 5.75 Å². The molecule has 2 bridgehead atoms. The number of halogens is 3. The van der Waals surface area contributed by atoms with Gasteiger partial charge in [0, 0.05) is 42.6 Å². The number of nitrogens with zero attached hydrogens (tertiary/aromatic N) is 2. The zero-order valence-corrected chi connectivity index (χ0v) is 29.3. The van der Waals surface area contributed by atoms with Gasteiger partial charge in [-0.15, -0.1) is 4.36 Å². The minimum atomic E-state index is -3.70. The SMILES string of the molecule is CO[C@H]1/C=C/C[C@H](C)CS(=O)(NC(=O)N[C@@H]2CC2(F)F)=NC(=O)c2ccc3c(c2)N(C[C@@H]2CC[C@H]21)C[C@@]1(CCCc2cc(Cl)ccc21)CO3. The maximum Gasteiger partial charge on any atom is 0.327 e. The van der Waals surface area contributed by atoms with Crippen LogP contribution in [0.4, 0.5) is 19.3 Å². The summed E-state index contributed by atoms with van der Waals surface area (Å²) >= 11 is 6.42.